The lowest BCUT2D eigenvalue weighted by atomic mass is 10.1. The molecule has 0 radical (unpaired) electrons. The van der Waals surface area contributed by atoms with Gasteiger partial charge in [-0.2, -0.15) is 0 Å². The van der Waals surface area contributed by atoms with Gasteiger partial charge in [-0.15, -0.1) is 0 Å². The van der Waals surface area contributed by atoms with Crippen molar-refractivity contribution in [1.82, 2.24) is 19.5 Å². The van der Waals surface area contributed by atoms with Crippen LogP contribution in [0.4, 0.5) is 5.82 Å². The first-order valence-corrected chi connectivity index (χ1v) is 11.3. The van der Waals surface area contributed by atoms with Gasteiger partial charge in [0, 0.05) is 34.9 Å². The zero-order valence-corrected chi connectivity index (χ0v) is 18.9. The van der Waals surface area contributed by atoms with Crippen molar-refractivity contribution in [2.24, 2.45) is 0 Å². The van der Waals surface area contributed by atoms with Crippen LogP contribution in [-0.4, -0.2) is 32.6 Å². The van der Waals surface area contributed by atoms with E-state index in [4.69, 9.17) is 28.2 Å². The summed E-state index contributed by atoms with van der Waals surface area (Å²) in [7, 11) is 0. The maximum atomic E-state index is 6.41. The van der Waals surface area contributed by atoms with Crippen molar-refractivity contribution in [2.45, 2.75) is 32.7 Å². The van der Waals surface area contributed by atoms with Gasteiger partial charge in [0.15, 0.2) is 0 Å². The van der Waals surface area contributed by atoms with Crippen LogP contribution < -0.4 is 4.90 Å². The predicted octanol–water partition coefficient (Wildman–Crippen LogP) is 6.15. The number of imidazole rings is 1. The van der Waals surface area contributed by atoms with Crippen molar-refractivity contribution >= 4 is 40.1 Å². The number of benzene rings is 1. The number of rotatable bonds is 4. The molecule has 0 unspecified atom stereocenters. The normalized spacial score (nSPS) is 14.4. The second-order valence-electron chi connectivity index (χ2n) is 7.99. The van der Waals surface area contributed by atoms with Crippen LogP contribution in [0.15, 0.2) is 48.8 Å². The van der Waals surface area contributed by atoms with E-state index in [0.29, 0.717) is 16.6 Å². The number of piperidine rings is 1. The molecule has 0 saturated carbocycles. The van der Waals surface area contributed by atoms with E-state index in [1.165, 1.54) is 19.3 Å². The van der Waals surface area contributed by atoms with Crippen molar-refractivity contribution in [2.75, 3.05) is 18.0 Å². The number of hydrogen-bond acceptors (Lipinski definition) is 4. The van der Waals surface area contributed by atoms with Crippen LogP contribution in [0.1, 0.15) is 30.7 Å². The number of aromatic nitrogens is 4. The number of pyridine rings is 2. The Hall–Kier alpha value is -2.63. The molecule has 5 rings (SSSR count). The van der Waals surface area contributed by atoms with Gasteiger partial charge in [0.2, 0.25) is 0 Å². The van der Waals surface area contributed by atoms with E-state index in [1.807, 2.05) is 31.5 Å². The molecule has 1 saturated heterocycles. The monoisotopic (exact) mass is 451 g/mol. The summed E-state index contributed by atoms with van der Waals surface area (Å²) in [4.78, 5) is 16.4. The Bertz CT molecular complexity index is 1230. The highest BCUT2D eigenvalue weighted by molar-refractivity contribution is 6.33. The number of aryl methyl sites for hydroxylation is 1. The predicted molar refractivity (Wildman–Crippen MR) is 127 cm³/mol. The van der Waals surface area contributed by atoms with Crippen molar-refractivity contribution in [1.29, 1.82) is 0 Å². The molecule has 0 spiro atoms. The highest BCUT2D eigenvalue weighted by Crippen LogP contribution is 2.27. The van der Waals surface area contributed by atoms with E-state index >= 15 is 0 Å². The molecule has 5 nitrogen and oxygen atoms in total. The average Bonchev–Trinajstić information content (AvgIpc) is 3.11. The van der Waals surface area contributed by atoms with Gasteiger partial charge in [0.05, 0.1) is 24.0 Å². The van der Waals surface area contributed by atoms with Crippen molar-refractivity contribution in [3.63, 3.8) is 0 Å². The van der Waals surface area contributed by atoms with Crippen LogP contribution in [0.2, 0.25) is 10.0 Å². The summed E-state index contributed by atoms with van der Waals surface area (Å²) in [6.45, 7) is 4.76. The highest BCUT2D eigenvalue weighted by Gasteiger charge is 2.14. The summed E-state index contributed by atoms with van der Waals surface area (Å²) in [6.07, 6.45) is 7.53. The minimum atomic E-state index is 0.595. The molecule has 0 aliphatic carbocycles. The first kappa shape index (κ1) is 20.3. The smallest absolute Gasteiger partial charge is 0.128 e. The third kappa shape index (κ3) is 4.12. The molecule has 158 valence electrons. The Kier molecular flexibility index (Phi) is 5.55. The first-order valence-electron chi connectivity index (χ1n) is 10.6. The van der Waals surface area contributed by atoms with Gasteiger partial charge in [-0.1, -0.05) is 23.2 Å². The maximum absolute atomic E-state index is 6.41. The molecule has 3 aromatic heterocycles. The lowest BCUT2D eigenvalue weighted by Gasteiger charge is -2.27. The molecule has 31 heavy (non-hydrogen) atoms. The van der Waals surface area contributed by atoms with Crippen LogP contribution >= 0.6 is 23.2 Å². The summed E-state index contributed by atoms with van der Waals surface area (Å²) < 4.78 is 2.15. The summed E-state index contributed by atoms with van der Waals surface area (Å²) in [5, 5.41) is 1.36. The van der Waals surface area contributed by atoms with Crippen LogP contribution in [0, 0.1) is 6.92 Å². The standard InChI is InChI=1S/C24H23Cl2N5/c1-16-29-22-14-27-21(17-5-8-24(28-13-17)30-9-3-2-4-10-30)12-23(22)31(16)15-18-11-19(25)6-7-20(18)26/h5-8,11-14H,2-4,9-10,15H2,1H3. The molecular formula is C24H23Cl2N5. The van der Waals surface area contributed by atoms with Gasteiger partial charge >= 0.3 is 0 Å². The second-order valence-corrected chi connectivity index (χ2v) is 8.84. The number of halogens is 2. The van der Waals surface area contributed by atoms with Crippen molar-refractivity contribution in [3.8, 4) is 11.3 Å². The van der Waals surface area contributed by atoms with E-state index in [0.717, 1.165) is 52.6 Å². The third-order valence-electron chi connectivity index (χ3n) is 5.89. The first-order chi connectivity index (χ1) is 15.1. The highest BCUT2D eigenvalue weighted by atomic mass is 35.5. The second kappa shape index (κ2) is 8.48. The van der Waals surface area contributed by atoms with E-state index in [-0.39, 0.29) is 0 Å². The molecule has 1 fully saturated rings. The minimum absolute atomic E-state index is 0.595. The maximum Gasteiger partial charge on any atom is 0.128 e. The Morgan fingerprint density at radius 1 is 0.935 bits per heavy atom. The van der Waals surface area contributed by atoms with Gasteiger partial charge in [0.25, 0.3) is 0 Å². The molecule has 4 aromatic rings. The zero-order valence-electron chi connectivity index (χ0n) is 17.4. The van der Waals surface area contributed by atoms with Gasteiger partial charge in [-0.05, 0) is 68.1 Å². The van der Waals surface area contributed by atoms with Gasteiger partial charge in [-0.25, -0.2) is 9.97 Å². The van der Waals surface area contributed by atoms with Gasteiger partial charge in [0.1, 0.15) is 17.2 Å². The fourth-order valence-corrected chi connectivity index (χ4v) is 4.56. The Morgan fingerprint density at radius 3 is 2.55 bits per heavy atom. The van der Waals surface area contributed by atoms with Crippen molar-refractivity contribution < 1.29 is 0 Å². The van der Waals surface area contributed by atoms with E-state index in [2.05, 4.69) is 37.6 Å². The van der Waals surface area contributed by atoms with Gasteiger partial charge in [-0.3, -0.25) is 4.98 Å². The number of hydrogen-bond donors (Lipinski definition) is 0. The van der Waals surface area contributed by atoms with Gasteiger partial charge < -0.3 is 9.47 Å². The molecule has 0 atom stereocenters. The molecule has 4 heterocycles. The number of nitrogens with zero attached hydrogens (tertiary/aromatic N) is 5. The molecule has 1 aliphatic rings. The average molecular weight is 452 g/mol. The topological polar surface area (TPSA) is 46.8 Å². The fourth-order valence-electron chi connectivity index (χ4n) is 4.19. The molecular weight excluding hydrogens is 429 g/mol. The Morgan fingerprint density at radius 2 is 1.77 bits per heavy atom. The lowest BCUT2D eigenvalue weighted by molar-refractivity contribution is 0.573. The van der Waals surface area contributed by atoms with E-state index < -0.39 is 0 Å². The summed E-state index contributed by atoms with van der Waals surface area (Å²) in [5.41, 5.74) is 4.70. The van der Waals surface area contributed by atoms with E-state index in [9.17, 15) is 0 Å². The summed E-state index contributed by atoms with van der Waals surface area (Å²) in [5.74, 6) is 1.95. The largest absolute Gasteiger partial charge is 0.357 e. The van der Waals surface area contributed by atoms with Crippen LogP contribution in [-0.2, 0) is 6.54 Å². The fraction of sp³-hybridized carbons (Fsp3) is 0.292. The lowest BCUT2D eigenvalue weighted by Crippen LogP contribution is -2.29. The third-order valence-corrected chi connectivity index (χ3v) is 6.49. The molecule has 1 aliphatic heterocycles. The molecule has 0 N–H and O–H groups in total. The summed E-state index contributed by atoms with van der Waals surface area (Å²) >= 11 is 12.6. The molecule has 0 bridgehead atoms. The van der Waals surface area contributed by atoms with E-state index in [1.54, 1.807) is 6.07 Å². The van der Waals surface area contributed by atoms with Crippen LogP contribution in [0.5, 0.6) is 0 Å². The zero-order chi connectivity index (χ0) is 21.4. The van der Waals surface area contributed by atoms with Crippen LogP contribution in [0.3, 0.4) is 0 Å². The molecule has 1 aromatic carbocycles. The number of anilines is 1. The van der Waals surface area contributed by atoms with Crippen LogP contribution in [0.25, 0.3) is 22.3 Å². The Balaban J connectivity index is 1.48. The quantitative estimate of drug-likeness (QED) is 0.373. The SMILES string of the molecule is Cc1nc2cnc(-c3ccc(N4CCCCC4)nc3)cc2n1Cc1cc(Cl)ccc1Cl. The molecule has 7 heteroatoms. The number of fused-ring (bicyclic) bond motifs is 1. The summed E-state index contributed by atoms with van der Waals surface area (Å²) in [6, 6.07) is 11.8. The van der Waals surface area contributed by atoms with Crippen molar-refractivity contribution in [3.05, 3.63) is 70.2 Å². The molecule has 0 amide bonds. The Labute approximate surface area is 191 Å². The minimum Gasteiger partial charge on any atom is -0.357 e.